The molecule has 1 aromatic carbocycles. The molecule has 0 fully saturated rings. The summed E-state index contributed by atoms with van der Waals surface area (Å²) >= 11 is 0. The Morgan fingerprint density at radius 2 is 1.88 bits per heavy atom. The lowest BCUT2D eigenvalue weighted by molar-refractivity contribution is 0.0785. The predicted octanol–water partition coefficient (Wildman–Crippen LogP) is 3.63. The molecule has 0 spiro atoms. The Morgan fingerprint density at radius 1 is 1.15 bits per heavy atom. The number of hydrogen-bond donors (Lipinski definition) is 0. The highest BCUT2D eigenvalue weighted by atomic mass is 16.2. The number of carbonyl (C=O) groups excluding carboxylic acids is 1. The molecule has 0 bridgehead atoms. The van der Waals surface area contributed by atoms with Crippen LogP contribution in [0.3, 0.4) is 0 Å². The van der Waals surface area contributed by atoms with Crippen molar-refractivity contribution in [3.05, 3.63) is 71.2 Å². The number of pyridine rings is 1. The van der Waals surface area contributed by atoms with Gasteiger partial charge < -0.3 is 4.90 Å². The molecule has 2 aromatic heterocycles. The first-order valence-corrected chi connectivity index (χ1v) is 8.78. The summed E-state index contributed by atoms with van der Waals surface area (Å²) in [5.74, 6) is -0.00786. The van der Waals surface area contributed by atoms with Crippen molar-refractivity contribution in [2.24, 2.45) is 7.05 Å². The minimum absolute atomic E-state index is 0.00786. The van der Waals surface area contributed by atoms with Crippen LogP contribution in [-0.4, -0.2) is 32.6 Å². The molecule has 0 unspecified atom stereocenters. The maximum Gasteiger partial charge on any atom is 0.253 e. The summed E-state index contributed by atoms with van der Waals surface area (Å²) < 4.78 is 1.74. The van der Waals surface area contributed by atoms with Crippen LogP contribution in [0.25, 0.3) is 11.3 Å². The van der Waals surface area contributed by atoms with Gasteiger partial charge in [0, 0.05) is 49.2 Å². The smallest absolute Gasteiger partial charge is 0.253 e. The lowest BCUT2D eigenvalue weighted by atomic mass is 10.1. The normalized spacial score (nSPS) is 10.8. The van der Waals surface area contributed by atoms with E-state index < -0.39 is 0 Å². The third kappa shape index (κ3) is 3.82. The average Bonchev–Trinajstić information content (AvgIpc) is 3.06. The van der Waals surface area contributed by atoms with Crippen LogP contribution in [0.5, 0.6) is 0 Å². The number of hydrogen-bond acceptors (Lipinski definition) is 3. The minimum Gasteiger partial charge on any atom is -0.337 e. The molecule has 0 aliphatic heterocycles. The van der Waals surface area contributed by atoms with E-state index in [1.165, 1.54) is 5.56 Å². The lowest BCUT2D eigenvalue weighted by Crippen LogP contribution is -2.25. The van der Waals surface area contributed by atoms with E-state index in [0.717, 1.165) is 28.9 Å². The predicted molar refractivity (Wildman–Crippen MR) is 103 cm³/mol. The van der Waals surface area contributed by atoms with E-state index in [1.807, 2.05) is 43.6 Å². The zero-order valence-electron chi connectivity index (χ0n) is 15.7. The molecule has 26 heavy (non-hydrogen) atoms. The van der Waals surface area contributed by atoms with E-state index in [9.17, 15) is 4.79 Å². The molecule has 0 atom stereocenters. The summed E-state index contributed by atoms with van der Waals surface area (Å²) in [4.78, 5) is 19.1. The first kappa shape index (κ1) is 17.9. The SMILES string of the molecule is CCc1nc(-c2ccc(C(=O)N(C)Cc3cnn(C)c3)cc2)ccc1C. The van der Waals surface area contributed by atoms with Gasteiger partial charge in [-0.05, 0) is 37.1 Å². The molecule has 3 rings (SSSR count). The van der Waals surface area contributed by atoms with Crippen molar-refractivity contribution < 1.29 is 4.79 Å². The number of nitrogens with zero attached hydrogens (tertiary/aromatic N) is 4. The Morgan fingerprint density at radius 3 is 2.50 bits per heavy atom. The molecule has 3 aromatic rings. The highest BCUT2D eigenvalue weighted by molar-refractivity contribution is 5.94. The van der Waals surface area contributed by atoms with Gasteiger partial charge in [0.05, 0.1) is 11.9 Å². The van der Waals surface area contributed by atoms with Crippen LogP contribution in [-0.2, 0) is 20.0 Å². The van der Waals surface area contributed by atoms with Gasteiger partial charge in [-0.3, -0.25) is 14.5 Å². The summed E-state index contributed by atoms with van der Waals surface area (Å²) in [6.07, 6.45) is 4.61. The highest BCUT2D eigenvalue weighted by Crippen LogP contribution is 2.20. The van der Waals surface area contributed by atoms with Crippen molar-refractivity contribution in [2.45, 2.75) is 26.8 Å². The minimum atomic E-state index is -0.00786. The number of aryl methyl sites for hydroxylation is 3. The fraction of sp³-hybridized carbons (Fsp3) is 0.286. The van der Waals surface area contributed by atoms with Gasteiger partial charge in [-0.15, -0.1) is 0 Å². The molecule has 0 radical (unpaired) electrons. The van der Waals surface area contributed by atoms with Gasteiger partial charge in [0.15, 0.2) is 0 Å². The maximum atomic E-state index is 12.6. The molecule has 1 amide bonds. The van der Waals surface area contributed by atoms with Gasteiger partial charge in [-0.25, -0.2) is 0 Å². The van der Waals surface area contributed by atoms with Gasteiger partial charge in [0.25, 0.3) is 5.91 Å². The monoisotopic (exact) mass is 348 g/mol. The first-order chi connectivity index (χ1) is 12.5. The summed E-state index contributed by atoms with van der Waals surface area (Å²) in [6.45, 7) is 4.72. The quantitative estimate of drug-likeness (QED) is 0.707. The lowest BCUT2D eigenvalue weighted by Gasteiger charge is -2.16. The third-order valence-electron chi connectivity index (χ3n) is 4.49. The van der Waals surface area contributed by atoms with Crippen molar-refractivity contribution in [1.82, 2.24) is 19.7 Å². The van der Waals surface area contributed by atoms with E-state index >= 15 is 0 Å². The second-order valence-electron chi connectivity index (χ2n) is 6.57. The molecule has 5 nitrogen and oxygen atoms in total. The third-order valence-corrected chi connectivity index (χ3v) is 4.49. The van der Waals surface area contributed by atoms with Crippen molar-refractivity contribution in [3.63, 3.8) is 0 Å². The summed E-state index contributed by atoms with van der Waals surface area (Å²) in [6, 6.07) is 11.8. The van der Waals surface area contributed by atoms with Crippen LogP contribution in [0.2, 0.25) is 0 Å². The standard InChI is InChI=1S/C21H24N4O/c1-5-19-15(2)6-11-20(23-19)17-7-9-18(10-8-17)21(26)24(3)13-16-12-22-25(4)14-16/h6-12,14H,5,13H2,1-4H3. The number of amides is 1. The van der Waals surface area contributed by atoms with Crippen LogP contribution in [0.4, 0.5) is 0 Å². The van der Waals surface area contributed by atoms with Gasteiger partial charge in [0.2, 0.25) is 0 Å². The van der Waals surface area contributed by atoms with Crippen LogP contribution >= 0.6 is 0 Å². The van der Waals surface area contributed by atoms with Crippen LogP contribution in [0, 0.1) is 6.92 Å². The average molecular weight is 348 g/mol. The van der Waals surface area contributed by atoms with Crippen molar-refractivity contribution in [1.29, 1.82) is 0 Å². The maximum absolute atomic E-state index is 12.6. The largest absolute Gasteiger partial charge is 0.337 e. The molecular weight excluding hydrogens is 324 g/mol. The molecular formula is C21H24N4O. The van der Waals surface area contributed by atoms with E-state index in [0.29, 0.717) is 12.1 Å². The first-order valence-electron chi connectivity index (χ1n) is 8.78. The second kappa shape index (κ2) is 7.52. The second-order valence-corrected chi connectivity index (χ2v) is 6.57. The number of rotatable bonds is 5. The molecule has 0 aliphatic carbocycles. The molecule has 0 aliphatic rings. The zero-order valence-corrected chi connectivity index (χ0v) is 15.7. The van der Waals surface area contributed by atoms with Crippen LogP contribution in [0.15, 0.2) is 48.8 Å². The van der Waals surface area contributed by atoms with Crippen molar-refractivity contribution in [3.8, 4) is 11.3 Å². The highest BCUT2D eigenvalue weighted by Gasteiger charge is 2.13. The molecule has 0 saturated heterocycles. The Bertz CT molecular complexity index is 912. The summed E-state index contributed by atoms with van der Waals surface area (Å²) in [5, 5.41) is 4.14. The number of benzene rings is 1. The van der Waals surface area contributed by atoms with Crippen molar-refractivity contribution >= 4 is 5.91 Å². The molecule has 0 saturated carbocycles. The van der Waals surface area contributed by atoms with E-state index in [1.54, 1.807) is 22.8 Å². The summed E-state index contributed by atoms with van der Waals surface area (Å²) in [7, 11) is 3.67. The summed E-state index contributed by atoms with van der Waals surface area (Å²) in [5.41, 5.74) is 5.96. The number of aromatic nitrogens is 3. The molecule has 134 valence electrons. The Balaban J connectivity index is 1.75. The molecule has 0 N–H and O–H groups in total. The van der Waals surface area contributed by atoms with E-state index in [2.05, 4.69) is 25.0 Å². The van der Waals surface area contributed by atoms with Gasteiger partial charge in [0.1, 0.15) is 0 Å². The van der Waals surface area contributed by atoms with Gasteiger partial charge >= 0.3 is 0 Å². The van der Waals surface area contributed by atoms with Gasteiger partial charge in [-0.1, -0.05) is 25.1 Å². The Labute approximate surface area is 154 Å². The Hall–Kier alpha value is -2.95. The molecule has 5 heteroatoms. The topological polar surface area (TPSA) is 51.0 Å². The Kier molecular flexibility index (Phi) is 5.16. The van der Waals surface area contributed by atoms with Crippen molar-refractivity contribution in [2.75, 3.05) is 7.05 Å². The fourth-order valence-corrected chi connectivity index (χ4v) is 2.99. The number of carbonyl (C=O) groups is 1. The van der Waals surface area contributed by atoms with Crippen LogP contribution in [0.1, 0.15) is 34.1 Å². The van der Waals surface area contributed by atoms with Crippen LogP contribution < -0.4 is 0 Å². The fourth-order valence-electron chi connectivity index (χ4n) is 2.99. The van der Waals surface area contributed by atoms with E-state index in [-0.39, 0.29) is 5.91 Å². The van der Waals surface area contributed by atoms with Gasteiger partial charge in [-0.2, -0.15) is 5.10 Å². The zero-order chi connectivity index (χ0) is 18.7. The molecule has 2 heterocycles. The van der Waals surface area contributed by atoms with E-state index in [4.69, 9.17) is 4.98 Å².